The van der Waals surface area contributed by atoms with Gasteiger partial charge in [-0.2, -0.15) is 5.10 Å². The highest BCUT2D eigenvalue weighted by atomic mass is 79.9. The lowest BCUT2D eigenvalue weighted by Gasteiger charge is -2.13. The fourth-order valence-corrected chi connectivity index (χ4v) is 3.03. The predicted octanol–water partition coefficient (Wildman–Crippen LogP) is 1.35. The molecular weight excluding hydrogens is 304 g/mol. The molecule has 17 heavy (non-hydrogen) atoms. The van der Waals surface area contributed by atoms with E-state index in [1.807, 2.05) is 12.1 Å². The molecule has 0 saturated heterocycles. The third-order valence-corrected chi connectivity index (χ3v) is 4.08. The van der Waals surface area contributed by atoms with Crippen LogP contribution in [0.1, 0.15) is 21.3 Å². The zero-order valence-electron chi connectivity index (χ0n) is 8.84. The lowest BCUT2D eigenvalue weighted by molar-refractivity contribution is 0.1000. The highest BCUT2D eigenvalue weighted by Crippen LogP contribution is 2.28. The van der Waals surface area contributed by atoms with Gasteiger partial charge < -0.3 is 11.5 Å². The summed E-state index contributed by atoms with van der Waals surface area (Å²) in [4.78, 5) is 12.1. The zero-order chi connectivity index (χ0) is 12.4. The van der Waals surface area contributed by atoms with Crippen molar-refractivity contribution in [3.05, 3.63) is 38.8 Å². The summed E-state index contributed by atoms with van der Waals surface area (Å²) >= 11 is 5.00. The van der Waals surface area contributed by atoms with Crippen molar-refractivity contribution in [2.24, 2.45) is 11.5 Å². The third-order valence-electron chi connectivity index (χ3n) is 2.35. The van der Waals surface area contributed by atoms with Crippen LogP contribution in [0.4, 0.5) is 0 Å². The average Bonchev–Trinajstić information content (AvgIpc) is 2.89. The van der Waals surface area contributed by atoms with E-state index in [2.05, 4.69) is 21.0 Å². The molecule has 4 N–H and O–H groups in total. The highest BCUT2D eigenvalue weighted by Gasteiger charge is 2.16. The Bertz CT molecular complexity index is 536. The summed E-state index contributed by atoms with van der Waals surface area (Å²) in [5.74, 6) is -0.487. The van der Waals surface area contributed by atoms with Crippen LogP contribution in [0.5, 0.6) is 0 Å². The van der Waals surface area contributed by atoms with E-state index in [0.29, 0.717) is 12.1 Å². The van der Waals surface area contributed by atoms with Crippen LogP contribution < -0.4 is 11.5 Å². The highest BCUT2D eigenvalue weighted by molar-refractivity contribution is 9.11. The van der Waals surface area contributed by atoms with Crippen LogP contribution in [0.2, 0.25) is 0 Å². The number of carbonyl (C=O) groups excluding carboxylic acids is 1. The third kappa shape index (κ3) is 2.56. The lowest BCUT2D eigenvalue weighted by Crippen LogP contribution is -2.20. The maximum Gasteiger partial charge on any atom is 0.251 e. The minimum absolute atomic E-state index is 0.0700. The van der Waals surface area contributed by atoms with Gasteiger partial charge in [0.05, 0.1) is 21.6 Å². The maximum absolute atomic E-state index is 11.0. The van der Waals surface area contributed by atoms with Crippen molar-refractivity contribution in [3.8, 4) is 0 Å². The number of thiophene rings is 1. The quantitative estimate of drug-likeness (QED) is 0.893. The molecule has 1 atom stereocenters. The van der Waals surface area contributed by atoms with E-state index in [4.69, 9.17) is 11.5 Å². The van der Waals surface area contributed by atoms with Gasteiger partial charge in [0.2, 0.25) is 0 Å². The van der Waals surface area contributed by atoms with Gasteiger partial charge in [-0.3, -0.25) is 9.48 Å². The van der Waals surface area contributed by atoms with Crippen molar-refractivity contribution in [2.45, 2.75) is 6.04 Å². The monoisotopic (exact) mass is 314 g/mol. The summed E-state index contributed by atoms with van der Waals surface area (Å²) in [6, 6.07) is 3.87. The Balaban J connectivity index is 2.31. The van der Waals surface area contributed by atoms with E-state index in [-0.39, 0.29) is 6.04 Å². The van der Waals surface area contributed by atoms with Crippen LogP contribution in [0, 0.1) is 0 Å². The molecule has 1 amide bonds. The van der Waals surface area contributed by atoms with E-state index in [1.54, 1.807) is 22.2 Å². The summed E-state index contributed by atoms with van der Waals surface area (Å²) in [6.45, 7) is 0.410. The molecule has 0 radical (unpaired) electrons. The summed E-state index contributed by atoms with van der Waals surface area (Å²) in [7, 11) is 0. The number of carbonyl (C=O) groups is 1. The second-order valence-corrected chi connectivity index (χ2v) is 5.96. The molecule has 0 fully saturated rings. The molecule has 0 aromatic carbocycles. The van der Waals surface area contributed by atoms with Crippen molar-refractivity contribution in [1.29, 1.82) is 0 Å². The average molecular weight is 315 g/mol. The Hall–Kier alpha value is -1.18. The van der Waals surface area contributed by atoms with Crippen LogP contribution in [0.3, 0.4) is 0 Å². The maximum atomic E-state index is 11.0. The normalized spacial score (nSPS) is 12.6. The Morgan fingerprint density at radius 3 is 2.82 bits per heavy atom. The second kappa shape index (κ2) is 4.99. The molecule has 7 heteroatoms. The SMILES string of the molecule is NCC(c1ccc(Br)s1)n1cc(C(N)=O)cn1. The Labute approximate surface area is 111 Å². The molecule has 0 aliphatic rings. The molecule has 5 nitrogen and oxygen atoms in total. The van der Waals surface area contributed by atoms with Crippen LogP contribution in [-0.2, 0) is 0 Å². The number of nitrogens with two attached hydrogens (primary N) is 2. The molecule has 2 heterocycles. The van der Waals surface area contributed by atoms with E-state index in [0.717, 1.165) is 8.66 Å². The van der Waals surface area contributed by atoms with Crippen molar-refractivity contribution in [2.75, 3.05) is 6.54 Å². The zero-order valence-corrected chi connectivity index (χ0v) is 11.2. The number of hydrogen-bond donors (Lipinski definition) is 2. The van der Waals surface area contributed by atoms with Crippen LogP contribution in [0.25, 0.3) is 0 Å². The number of nitrogens with zero attached hydrogens (tertiary/aromatic N) is 2. The Morgan fingerprint density at radius 2 is 2.35 bits per heavy atom. The topological polar surface area (TPSA) is 86.9 Å². The van der Waals surface area contributed by atoms with Gasteiger partial charge in [0, 0.05) is 17.6 Å². The Kier molecular flexibility index (Phi) is 3.60. The molecule has 90 valence electrons. The second-order valence-electron chi connectivity index (χ2n) is 3.47. The van der Waals surface area contributed by atoms with Gasteiger partial charge in [0.1, 0.15) is 0 Å². The predicted molar refractivity (Wildman–Crippen MR) is 70.0 cm³/mol. The smallest absolute Gasteiger partial charge is 0.251 e. The minimum atomic E-state index is -0.487. The first-order valence-electron chi connectivity index (χ1n) is 4.91. The fourth-order valence-electron chi connectivity index (χ4n) is 1.50. The van der Waals surface area contributed by atoms with Crippen molar-refractivity contribution in [1.82, 2.24) is 9.78 Å². The Morgan fingerprint density at radius 1 is 1.59 bits per heavy atom. The molecule has 0 aliphatic heterocycles. The van der Waals surface area contributed by atoms with Gasteiger partial charge in [-0.1, -0.05) is 0 Å². The van der Waals surface area contributed by atoms with Gasteiger partial charge in [-0.05, 0) is 28.1 Å². The van der Waals surface area contributed by atoms with Gasteiger partial charge in [0.15, 0.2) is 0 Å². The van der Waals surface area contributed by atoms with Crippen LogP contribution in [-0.4, -0.2) is 22.2 Å². The first-order chi connectivity index (χ1) is 8.11. The summed E-state index contributed by atoms with van der Waals surface area (Å²) in [5, 5.41) is 4.12. The number of aromatic nitrogens is 2. The van der Waals surface area contributed by atoms with Crippen LogP contribution in [0.15, 0.2) is 28.3 Å². The molecule has 2 rings (SSSR count). The molecule has 1 unspecified atom stereocenters. The number of rotatable bonds is 4. The lowest BCUT2D eigenvalue weighted by atomic mass is 10.2. The molecular formula is C10H11BrN4OS. The minimum Gasteiger partial charge on any atom is -0.366 e. The molecule has 0 spiro atoms. The molecule has 0 aliphatic carbocycles. The number of hydrogen-bond acceptors (Lipinski definition) is 4. The van der Waals surface area contributed by atoms with Gasteiger partial charge in [-0.15, -0.1) is 11.3 Å². The number of halogens is 1. The van der Waals surface area contributed by atoms with Gasteiger partial charge in [0.25, 0.3) is 5.91 Å². The van der Waals surface area contributed by atoms with Crippen molar-refractivity contribution >= 4 is 33.2 Å². The largest absolute Gasteiger partial charge is 0.366 e. The first kappa shape index (κ1) is 12.3. The van der Waals surface area contributed by atoms with E-state index >= 15 is 0 Å². The standard InChI is InChI=1S/C10H11BrN4OS/c11-9-2-1-8(17-9)7(3-12)15-5-6(4-14-15)10(13)16/h1-2,4-5,7H,3,12H2,(H2,13,16). The van der Waals surface area contributed by atoms with Gasteiger partial charge >= 0.3 is 0 Å². The molecule has 0 bridgehead atoms. The molecule has 2 aromatic heterocycles. The van der Waals surface area contributed by atoms with E-state index in [9.17, 15) is 4.79 Å². The number of amides is 1. The summed E-state index contributed by atoms with van der Waals surface area (Å²) in [5.41, 5.74) is 11.3. The van der Waals surface area contributed by atoms with Crippen molar-refractivity contribution in [3.63, 3.8) is 0 Å². The first-order valence-corrected chi connectivity index (χ1v) is 6.52. The summed E-state index contributed by atoms with van der Waals surface area (Å²) < 4.78 is 2.70. The fraction of sp³-hybridized carbons (Fsp3) is 0.200. The molecule has 2 aromatic rings. The molecule has 0 saturated carbocycles. The van der Waals surface area contributed by atoms with Crippen molar-refractivity contribution < 1.29 is 4.79 Å². The van der Waals surface area contributed by atoms with Gasteiger partial charge in [-0.25, -0.2) is 0 Å². The van der Waals surface area contributed by atoms with E-state index < -0.39 is 5.91 Å². The number of primary amides is 1. The van der Waals surface area contributed by atoms with E-state index in [1.165, 1.54) is 6.20 Å². The van der Waals surface area contributed by atoms with Crippen LogP contribution >= 0.6 is 27.3 Å². The summed E-state index contributed by atoms with van der Waals surface area (Å²) in [6.07, 6.45) is 3.07.